The number of hydrogen-bond acceptors (Lipinski definition) is 4. The summed E-state index contributed by atoms with van der Waals surface area (Å²) in [5, 5.41) is 3.19. The Morgan fingerprint density at radius 3 is 2.65 bits per heavy atom. The van der Waals surface area contributed by atoms with Crippen LogP contribution in [0.15, 0.2) is 40.9 Å². The standard InChI is InChI=1S/C18H14BrClN2O4/c1-18(11-4-2-3-5-13(11)20)16(23)22(17(24)21-18)8-10-6-14-15(7-12(10)19)26-9-25-14/h2-7H,8-9H2,1H3,(H,21,24). The zero-order valence-corrected chi connectivity index (χ0v) is 16.1. The van der Waals surface area contributed by atoms with Crippen LogP contribution in [-0.2, 0) is 16.9 Å². The van der Waals surface area contributed by atoms with E-state index >= 15 is 0 Å². The molecule has 0 bridgehead atoms. The molecule has 1 atom stereocenters. The third-order valence-corrected chi connectivity index (χ3v) is 5.63. The van der Waals surface area contributed by atoms with Crippen molar-refractivity contribution in [3.63, 3.8) is 0 Å². The summed E-state index contributed by atoms with van der Waals surface area (Å²) in [6.45, 7) is 1.91. The van der Waals surface area contributed by atoms with E-state index in [1.165, 1.54) is 4.90 Å². The molecule has 1 unspecified atom stereocenters. The molecule has 1 saturated heterocycles. The van der Waals surface area contributed by atoms with Gasteiger partial charge in [-0.05, 0) is 30.7 Å². The fourth-order valence-corrected chi connectivity index (χ4v) is 3.91. The van der Waals surface area contributed by atoms with Crippen LogP contribution in [0, 0.1) is 0 Å². The fraction of sp³-hybridized carbons (Fsp3) is 0.222. The van der Waals surface area contributed by atoms with Gasteiger partial charge in [-0.3, -0.25) is 9.69 Å². The number of ether oxygens (including phenoxy) is 2. The Kier molecular flexibility index (Phi) is 4.08. The second kappa shape index (κ2) is 6.17. The van der Waals surface area contributed by atoms with E-state index in [2.05, 4.69) is 21.2 Å². The van der Waals surface area contributed by atoms with Gasteiger partial charge in [0.25, 0.3) is 5.91 Å². The predicted octanol–water partition coefficient (Wildman–Crippen LogP) is 3.80. The Morgan fingerprint density at radius 1 is 1.23 bits per heavy atom. The van der Waals surface area contributed by atoms with E-state index < -0.39 is 11.6 Å². The molecule has 2 aromatic carbocycles. The van der Waals surface area contributed by atoms with Gasteiger partial charge in [0.1, 0.15) is 5.54 Å². The number of benzene rings is 2. The summed E-state index contributed by atoms with van der Waals surface area (Å²) in [6, 6.07) is 10.0. The number of hydrogen-bond donors (Lipinski definition) is 1. The van der Waals surface area contributed by atoms with Gasteiger partial charge in [0.15, 0.2) is 11.5 Å². The topological polar surface area (TPSA) is 67.9 Å². The van der Waals surface area contributed by atoms with Gasteiger partial charge in [0, 0.05) is 15.1 Å². The first-order chi connectivity index (χ1) is 12.4. The molecule has 2 aliphatic heterocycles. The first-order valence-corrected chi connectivity index (χ1v) is 9.04. The summed E-state index contributed by atoms with van der Waals surface area (Å²) >= 11 is 9.70. The van der Waals surface area contributed by atoms with Gasteiger partial charge in [-0.1, -0.05) is 45.7 Å². The number of rotatable bonds is 3. The molecule has 4 rings (SSSR count). The van der Waals surface area contributed by atoms with E-state index in [1.54, 1.807) is 43.3 Å². The van der Waals surface area contributed by atoms with Crippen molar-refractivity contribution in [3.05, 3.63) is 57.0 Å². The Hall–Kier alpha value is -2.25. The molecule has 0 radical (unpaired) electrons. The van der Waals surface area contributed by atoms with Gasteiger partial charge >= 0.3 is 6.03 Å². The van der Waals surface area contributed by atoms with Crippen LogP contribution in [0.1, 0.15) is 18.1 Å². The van der Waals surface area contributed by atoms with Crippen molar-refractivity contribution in [1.29, 1.82) is 0 Å². The number of amides is 3. The summed E-state index contributed by atoms with van der Waals surface area (Å²) in [7, 11) is 0. The lowest BCUT2D eigenvalue weighted by Crippen LogP contribution is -2.41. The molecule has 2 aromatic rings. The van der Waals surface area contributed by atoms with Crippen molar-refractivity contribution >= 4 is 39.5 Å². The highest BCUT2D eigenvalue weighted by Crippen LogP contribution is 2.39. The zero-order valence-electron chi connectivity index (χ0n) is 13.7. The van der Waals surface area contributed by atoms with Crippen molar-refractivity contribution in [2.45, 2.75) is 19.0 Å². The second-order valence-corrected chi connectivity index (χ2v) is 7.48. The van der Waals surface area contributed by atoms with E-state index in [1.807, 2.05) is 0 Å². The number of nitrogens with zero attached hydrogens (tertiary/aromatic N) is 1. The van der Waals surface area contributed by atoms with Crippen molar-refractivity contribution in [2.24, 2.45) is 0 Å². The lowest BCUT2D eigenvalue weighted by Gasteiger charge is -2.23. The largest absolute Gasteiger partial charge is 0.454 e. The van der Waals surface area contributed by atoms with E-state index in [0.29, 0.717) is 22.1 Å². The van der Waals surface area contributed by atoms with Crippen LogP contribution in [0.5, 0.6) is 11.5 Å². The summed E-state index contributed by atoms with van der Waals surface area (Å²) in [5.74, 6) is 0.850. The smallest absolute Gasteiger partial charge is 0.325 e. The van der Waals surface area contributed by atoms with Crippen molar-refractivity contribution in [1.82, 2.24) is 10.2 Å². The zero-order chi connectivity index (χ0) is 18.5. The number of imide groups is 1. The predicted molar refractivity (Wildman–Crippen MR) is 98.2 cm³/mol. The molecule has 0 saturated carbocycles. The number of carbonyl (C=O) groups excluding carboxylic acids is 2. The summed E-state index contributed by atoms with van der Waals surface area (Å²) in [5.41, 5.74) is 0.0894. The molecule has 1 fully saturated rings. The molecule has 3 amide bonds. The van der Waals surface area contributed by atoms with Gasteiger partial charge in [-0.25, -0.2) is 4.79 Å². The van der Waals surface area contributed by atoms with Gasteiger partial charge in [-0.15, -0.1) is 0 Å². The highest BCUT2D eigenvalue weighted by atomic mass is 79.9. The number of carbonyl (C=O) groups is 2. The Labute approximate surface area is 163 Å². The average molecular weight is 438 g/mol. The average Bonchev–Trinajstić information content (AvgIpc) is 3.13. The molecule has 2 aliphatic rings. The van der Waals surface area contributed by atoms with E-state index in [-0.39, 0.29) is 19.2 Å². The SMILES string of the molecule is CC1(c2ccccc2Cl)NC(=O)N(Cc2cc3c(cc2Br)OCO3)C1=O. The Morgan fingerprint density at radius 2 is 1.92 bits per heavy atom. The number of nitrogens with one attached hydrogen (secondary N) is 1. The van der Waals surface area contributed by atoms with Crippen LogP contribution in [0.25, 0.3) is 0 Å². The van der Waals surface area contributed by atoms with Crippen LogP contribution in [0.4, 0.5) is 4.79 Å². The molecule has 2 heterocycles. The van der Waals surface area contributed by atoms with Crippen molar-refractivity contribution < 1.29 is 19.1 Å². The molecule has 134 valence electrons. The molecule has 26 heavy (non-hydrogen) atoms. The van der Waals surface area contributed by atoms with E-state index in [0.717, 1.165) is 10.0 Å². The maximum atomic E-state index is 13.1. The lowest BCUT2D eigenvalue weighted by molar-refractivity contribution is -0.131. The molecular weight excluding hydrogens is 424 g/mol. The Balaban J connectivity index is 1.66. The molecule has 0 aliphatic carbocycles. The quantitative estimate of drug-likeness (QED) is 0.742. The maximum Gasteiger partial charge on any atom is 0.325 e. The third kappa shape index (κ3) is 2.62. The minimum atomic E-state index is -1.21. The van der Waals surface area contributed by atoms with Crippen LogP contribution < -0.4 is 14.8 Å². The Bertz CT molecular complexity index is 935. The van der Waals surface area contributed by atoms with Gasteiger partial charge in [0.05, 0.1) is 6.54 Å². The fourth-order valence-electron chi connectivity index (χ4n) is 3.14. The highest BCUT2D eigenvalue weighted by Gasteiger charge is 2.49. The maximum absolute atomic E-state index is 13.1. The molecule has 0 aromatic heterocycles. The molecule has 0 spiro atoms. The van der Waals surface area contributed by atoms with Crippen LogP contribution in [-0.4, -0.2) is 23.6 Å². The first kappa shape index (κ1) is 17.2. The van der Waals surface area contributed by atoms with E-state index in [4.69, 9.17) is 21.1 Å². The number of urea groups is 1. The lowest BCUT2D eigenvalue weighted by atomic mass is 9.92. The summed E-state index contributed by atoms with van der Waals surface area (Å²) in [4.78, 5) is 26.7. The number of halogens is 2. The second-order valence-electron chi connectivity index (χ2n) is 6.22. The minimum absolute atomic E-state index is 0.0991. The summed E-state index contributed by atoms with van der Waals surface area (Å²) < 4.78 is 11.4. The third-order valence-electron chi connectivity index (χ3n) is 4.56. The molecule has 1 N–H and O–H groups in total. The van der Waals surface area contributed by atoms with Gasteiger partial charge in [0.2, 0.25) is 6.79 Å². The van der Waals surface area contributed by atoms with Crippen LogP contribution in [0.3, 0.4) is 0 Å². The first-order valence-electron chi connectivity index (χ1n) is 7.87. The number of fused-ring (bicyclic) bond motifs is 1. The molecule has 8 heteroatoms. The van der Waals surface area contributed by atoms with Crippen LogP contribution in [0.2, 0.25) is 5.02 Å². The summed E-state index contributed by atoms with van der Waals surface area (Å²) in [6.07, 6.45) is 0. The van der Waals surface area contributed by atoms with Crippen molar-refractivity contribution in [2.75, 3.05) is 6.79 Å². The molecule has 6 nitrogen and oxygen atoms in total. The van der Waals surface area contributed by atoms with Crippen molar-refractivity contribution in [3.8, 4) is 11.5 Å². The van der Waals surface area contributed by atoms with Gasteiger partial charge < -0.3 is 14.8 Å². The van der Waals surface area contributed by atoms with Gasteiger partial charge in [-0.2, -0.15) is 0 Å². The monoisotopic (exact) mass is 436 g/mol. The van der Waals surface area contributed by atoms with Crippen LogP contribution >= 0.6 is 27.5 Å². The highest BCUT2D eigenvalue weighted by molar-refractivity contribution is 9.10. The molecular formula is C18H14BrClN2O4. The van der Waals surface area contributed by atoms with E-state index in [9.17, 15) is 9.59 Å². The minimum Gasteiger partial charge on any atom is -0.454 e. The normalized spacial score (nSPS) is 21.3.